The predicted molar refractivity (Wildman–Crippen MR) is 102 cm³/mol. The van der Waals surface area contributed by atoms with Crippen molar-refractivity contribution in [3.63, 3.8) is 0 Å². The van der Waals surface area contributed by atoms with Gasteiger partial charge in [0.05, 0.1) is 12.7 Å². The Labute approximate surface area is 214 Å². The van der Waals surface area contributed by atoms with E-state index in [0.717, 1.165) is 18.2 Å². The number of hydrogen-bond donors (Lipinski definition) is 0. The van der Waals surface area contributed by atoms with Crippen LogP contribution < -0.4 is 4.74 Å². The van der Waals surface area contributed by atoms with Gasteiger partial charge in [-0.2, -0.15) is 74.6 Å². The summed E-state index contributed by atoms with van der Waals surface area (Å²) in [4.78, 5) is 0. The van der Waals surface area contributed by atoms with Crippen molar-refractivity contribution in [2.45, 2.75) is 74.0 Å². The molecule has 2 nitrogen and oxygen atoms in total. The molecule has 0 N–H and O–H groups in total. The molecule has 1 rings (SSSR count). The van der Waals surface area contributed by atoms with Gasteiger partial charge in [-0.15, -0.1) is 0 Å². The van der Waals surface area contributed by atoms with Crippen molar-refractivity contribution in [3.05, 3.63) is 29.8 Å². The Kier molecular flexibility index (Phi) is 9.75. The van der Waals surface area contributed by atoms with Crippen molar-refractivity contribution >= 4 is 0 Å². The number of ether oxygens (including phenoxy) is 2. The first kappa shape index (κ1) is 35.8. The first-order valence-electron chi connectivity index (χ1n) is 10.5. The van der Waals surface area contributed by atoms with Crippen LogP contribution in [0.5, 0.6) is 5.75 Å². The van der Waals surface area contributed by atoms with Crippen LogP contribution in [-0.4, -0.2) is 61.4 Å². The van der Waals surface area contributed by atoms with E-state index >= 15 is 0 Å². The van der Waals surface area contributed by atoms with E-state index in [2.05, 4.69) is 4.74 Å². The van der Waals surface area contributed by atoms with Crippen molar-refractivity contribution in [3.8, 4) is 5.75 Å². The molecule has 0 saturated carbocycles. The zero-order valence-electron chi connectivity index (χ0n) is 20.1. The zero-order valence-corrected chi connectivity index (χ0v) is 20.1. The van der Waals surface area contributed by atoms with Crippen molar-refractivity contribution in [1.82, 2.24) is 0 Å². The van der Waals surface area contributed by atoms with Crippen molar-refractivity contribution in [2.75, 3.05) is 13.7 Å². The number of benzene rings is 1. The molecule has 0 heterocycles. The van der Waals surface area contributed by atoms with Crippen LogP contribution >= 0.6 is 0 Å². The Hall–Kier alpha value is -2.21. The molecule has 0 bridgehead atoms. The van der Waals surface area contributed by atoms with E-state index in [0.29, 0.717) is 7.11 Å². The van der Waals surface area contributed by atoms with Gasteiger partial charge >= 0.3 is 47.6 Å². The second-order valence-electron chi connectivity index (χ2n) is 8.85. The molecule has 0 saturated heterocycles. The van der Waals surface area contributed by atoms with E-state index in [1.54, 1.807) is 13.8 Å². The van der Waals surface area contributed by atoms with Crippen LogP contribution in [0, 0.1) is 5.92 Å². The van der Waals surface area contributed by atoms with E-state index < -0.39 is 65.7 Å². The van der Waals surface area contributed by atoms with E-state index in [4.69, 9.17) is 4.74 Å². The highest BCUT2D eigenvalue weighted by Crippen LogP contribution is 2.64. The molecule has 19 heteroatoms. The maximum Gasteiger partial charge on any atom is 0.460 e. The van der Waals surface area contributed by atoms with Gasteiger partial charge < -0.3 is 9.47 Å². The fourth-order valence-electron chi connectivity index (χ4n) is 2.96. The smallest absolute Gasteiger partial charge is 0.460 e. The summed E-state index contributed by atoms with van der Waals surface area (Å²) in [7, 11) is 0.529. The first-order valence-corrected chi connectivity index (χ1v) is 10.5. The van der Waals surface area contributed by atoms with Gasteiger partial charge in [0, 0.05) is 13.5 Å². The lowest BCUT2D eigenvalue weighted by molar-refractivity contribution is -0.462. The van der Waals surface area contributed by atoms with Crippen LogP contribution in [0.4, 0.5) is 74.6 Å². The van der Waals surface area contributed by atoms with E-state index in [9.17, 15) is 74.6 Å². The Morgan fingerprint density at radius 2 is 1.05 bits per heavy atom. The molecule has 0 aromatic heterocycles. The molecule has 0 aliphatic heterocycles. The summed E-state index contributed by atoms with van der Waals surface area (Å²) < 4.78 is 239. The largest absolute Gasteiger partial charge is 0.493 e. The highest BCUT2D eigenvalue weighted by Gasteiger charge is 2.95. The molecule has 1 atom stereocenters. The Bertz CT molecular complexity index is 1000. The van der Waals surface area contributed by atoms with Gasteiger partial charge in [-0.3, -0.25) is 0 Å². The molecule has 40 heavy (non-hydrogen) atoms. The maximum atomic E-state index is 14.4. The molecule has 1 aromatic carbocycles. The van der Waals surface area contributed by atoms with Gasteiger partial charge in [-0.25, -0.2) is 0 Å². The van der Waals surface area contributed by atoms with E-state index in [1.807, 2.05) is 0 Å². The second kappa shape index (κ2) is 10.9. The fraction of sp³-hybridized carbons (Fsp3) is 0.714. The number of halogens is 17. The molecule has 1 unspecified atom stereocenters. The van der Waals surface area contributed by atoms with Crippen LogP contribution in [0.1, 0.15) is 31.9 Å². The van der Waals surface area contributed by atoms with Crippen molar-refractivity contribution < 1.29 is 84.1 Å². The highest BCUT2D eigenvalue weighted by atomic mass is 19.4. The highest BCUT2D eigenvalue weighted by molar-refractivity contribution is 5.30. The predicted octanol–water partition coefficient (Wildman–Crippen LogP) is 8.81. The standard InChI is InChI=1S/C21H19F17O2/c1-10(2)9-40-12-6-4-5-11(7-12)13(39-3)8-14(22,23)15(24,25)16(26,27)17(28,29)18(30,31)19(32,33)20(34,35)21(36,37)38/h4-7,10,13H,8-9H2,1-3H3. The number of methoxy groups -OCH3 is 1. The summed E-state index contributed by atoms with van der Waals surface area (Å²) >= 11 is 0. The Balaban J connectivity index is 3.52. The molecule has 0 aliphatic carbocycles. The molecular weight excluding hydrogens is 607 g/mol. The van der Waals surface area contributed by atoms with Gasteiger partial charge in [0.2, 0.25) is 0 Å². The number of rotatable bonds is 13. The third kappa shape index (κ3) is 5.75. The van der Waals surface area contributed by atoms with Crippen molar-refractivity contribution in [1.29, 1.82) is 0 Å². The SMILES string of the molecule is COC(CC(F)(F)C(F)(F)C(F)(F)C(F)(F)C(F)(F)C(F)(F)C(F)(F)C(F)(F)F)c1cccc(OCC(C)C)c1. The lowest BCUT2D eigenvalue weighted by Gasteiger charge is -2.43. The molecule has 234 valence electrons. The van der Waals surface area contributed by atoms with Crippen LogP contribution in [0.3, 0.4) is 0 Å². The molecule has 0 radical (unpaired) electrons. The summed E-state index contributed by atoms with van der Waals surface area (Å²) in [5.74, 6) is -56.9. The minimum Gasteiger partial charge on any atom is -0.493 e. The third-order valence-electron chi connectivity index (χ3n) is 5.33. The second-order valence-corrected chi connectivity index (χ2v) is 8.85. The van der Waals surface area contributed by atoms with Crippen LogP contribution in [0.2, 0.25) is 0 Å². The Morgan fingerprint density at radius 1 is 0.625 bits per heavy atom. The summed E-state index contributed by atoms with van der Waals surface area (Å²) in [6.45, 7) is 3.36. The van der Waals surface area contributed by atoms with Gasteiger partial charge in [0.1, 0.15) is 5.75 Å². The summed E-state index contributed by atoms with van der Waals surface area (Å²) in [5, 5.41) is 0. The first-order chi connectivity index (χ1) is 17.6. The van der Waals surface area contributed by atoms with Crippen LogP contribution in [0.15, 0.2) is 24.3 Å². The molecule has 1 aromatic rings. The molecule has 0 aliphatic rings. The Morgan fingerprint density at radius 3 is 1.45 bits per heavy atom. The lowest BCUT2D eigenvalue weighted by Crippen LogP contribution is -2.74. The summed E-state index contributed by atoms with van der Waals surface area (Å²) in [6, 6.07) is 3.98. The minimum absolute atomic E-state index is 0.0167. The summed E-state index contributed by atoms with van der Waals surface area (Å²) in [6.07, 6.45) is -12.9. The maximum absolute atomic E-state index is 14.4. The van der Waals surface area contributed by atoms with Crippen LogP contribution in [0.25, 0.3) is 0 Å². The molecular formula is C21H19F17O2. The third-order valence-corrected chi connectivity index (χ3v) is 5.33. The topological polar surface area (TPSA) is 18.5 Å². The fourth-order valence-corrected chi connectivity index (χ4v) is 2.96. The average molecular weight is 626 g/mol. The van der Waals surface area contributed by atoms with Crippen LogP contribution in [-0.2, 0) is 4.74 Å². The average Bonchev–Trinajstić information content (AvgIpc) is 2.79. The monoisotopic (exact) mass is 626 g/mol. The lowest BCUT2D eigenvalue weighted by atomic mass is 9.87. The number of hydrogen-bond acceptors (Lipinski definition) is 2. The summed E-state index contributed by atoms with van der Waals surface area (Å²) in [5.41, 5.74) is -0.545. The molecule has 0 amide bonds. The van der Waals surface area contributed by atoms with Gasteiger partial charge in [0.25, 0.3) is 0 Å². The van der Waals surface area contributed by atoms with Gasteiger partial charge in [-0.1, -0.05) is 26.0 Å². The quantitative estimate of drug-likeness (QED) is 0.204. The molecule has 0 fully saturated rings. The zero-order chi connectivity index (χ0) is 32.0. The van der Waals surface area contributed by atoms with E-state index in [1.165, 1.54) is 6.07 Å². The normalized spacial score (nSPS) is 15.9. The van der Waals surface area contributed by atoms with Crippen molar-refractivity contribution in [2.24, 2.45) is 5.92 Å². The van der Waals surface area contributed by atoms with Gasteiger partial charge in [0.15, 0.2) is 0 Å². The van der Waals surface area contributed by atoms with Gasteiger partial charge in [-0.05, 0) is 23.6 Å². The molecule has 0 spiro atoms. The number of alkyl halides is 17. The minimum atomic E-state index is -8.66. The van der Waals surface area contributed by atoms with E-state index in [-0.39, 0.29) is 18.3 Å².